The number of amides is 4. The molecule has 0 radical (unpaired) electrons. The molecule has 2 heterocycles. The van der Waals surface area contributed by atoms with Gasteiger partial charge < -0.3 is 15.4 Å². The number of hydrogen-bond donors (Lipinski definition) is 2. The van der Waals surface area contributed by atoms with Gasteiger partial charge in [0.15, 0.2) is 0 Å². The Bertz CT molecular complexity index is 808. The molecule has 1 aromatic heterocycles. The van der Waals surface area contributed by atoms with Crippen molar-refractivity contribution in [3.63, 3.8) is 0 Å². The van der Waals surface area contributed by atoms with Crippen molar-refractivity contribution in [1.82, 2.24) is 15.6 Å². The Morgan fingerprint density at radius 1 is 1.23 bits per heavy atom. The van der Waals surface area contributed by atoms with Crippen molar-refractivity contribution >= 4 is 23.5 Å². The molecule has 3 rings (SSSR count). The van der Waals surface area contributed by atoms with Gasteiger partial charge in [-0.2, -0.15) is 0 Å². The fourth-order valence-corrected chi connectivity index (χ4v) is 2.59. The first-order valence-corrected chi connectivity index (χ1v) is 8.03. The summed E-state index contributed by atoms with van der Waals surface area (Å²) in [5.41, 5.74) is 1.13. The summed E-state index contributed by atoms with van der Waals surface area (Å²) in [6.45, 7) is 0.261. The van der Waals surface area contributed by atoms with Gasteiger partial charge in [0, 0.05) is 6.20 Å². The predicted octanol–water partition coefficient (Wildman–Crippen LogP) is 1.22. The second-order valence-electron chi connectivity index (χ2n) is 5.68. The zero-order chi connectivity index (χ0) is 18.5. The standard InChI is InChI=1S/C18H18N4O4/c1-26-14-7-5-13(6-8-14)22-17(24)15(21-18(22)25)10-16(23)20-11-12-4-2-3-9-19-12/h2-9,15H,10-11H2,1H3,(H,20,23)(H,21,25). The van der Waals surface area contributed by atoms with Gasteiger partial charge in [0.1, 0.15) is 11.8 Å². The van der Waals surface area contributed by atoms with Gasteiger partial charge in [-0.05, 0) is 36.4 Å². The third-order valence-corrected chi connectivity index (χ3v) is 3.93. The highest BCUT2D eigenvalue weighted by Crippen LogP contribution is 2.23. The summed E-state index contributed by atoms with van der Waals surface area (Å²) in [6.07, 6.45) is 1.50. The third kappa shape index (κ3) is 3.80. The molecule has 1 aliphatic rings. The average molecular weight is 354 g/mol. The minimum absolute atomic E-state index is 0.135. The van der Waals surface area contributed by atoms with Crippen molar-refractivity contribution in [2.24, 2.45) is 0 Å². The molecule has 2 N–H and O–H groups in total. The molecule has 2 aromatic rings. The van der Waals surface area contributed by atoms with Gasteiger partial charge in [0.25, 0.3) is 5.91 Å². The number of nitrogens with zero attached hydrogens (tertiary/aromatic N) is 2. The fourth-order valence-electron chi connectivity index (χ4n) is 2.59. The molecule has 8 heteroatoms. The van der Waals surface area contributed by atoms with Crippen LogP contribution in [0.3, 0.4) is 0 Å². The SMILES string of the molecule is COc1ccc(N2C(=O)NC(CC(=O)NCc3ccccn3)C2=O)cc1. The predicted molar refractivity (Wildman–Crippen MR) is 93.5 cm³/mol. The van der Waals surface area contributed by atoms with Gasteiger partial charge in [-0.15, -0.1) is 0 Å². The molecule has 1 fully saturated rings. The van der Waals surface area contributed by atoms with Crippen LogP contribution in [-0.2, 0) is 16.1 Å². The monoisotopic (exact) mass is 354 g/mol. The van der Waals surface area contributed by atoms with E-state index in [0.29, 0.717) is 17.1 Å². The van der Waals surface area contributed by atoms with Crippen LogP contribution in [0.25, 0.3) is 0 Å². The van der Waals surface area contributed by atoms with Crippen molar-refractivity contribution in [3.05, 3.63) is 54.4 Å². The lowest BCUT2D eigenvalue weighted by Crippen LogP contribution is -2.36. The van der Waals surface area contributed by atoms with Crippen LogP contribution in [0, 0.1) is 0 Å². The van der Waals surface area contributed by atoms with Gasteiger partial charge in [0.05, 0.1) is 31.5 Å². The van der Waals surface area contributed by atoms with E-state index in [1.54, 1.807) is 42.6 Å². The van der Waals surface area contributed by atoms with E-state index in [2.05, 4.69) is 15.6 Å². The first-order chi connectivity index (χ1) is 12.6. The quantitative estimate of drug-likeness (QED) is 0.760. The largest absolute Gasteiger partial charge is 0.497 e. The molecule has 1 saturated heterocycles. The highest BCUT2D eigenvalue weighted by atomic mass is 16.5. The Labute approximate surface area is 150 Å². The van der Waals surface area contributed by atoms with E-state index < -0.39 is 18.0 Å². The van der Waals surface area contributed by atoms with Crippen LogP contribution in [0.15, 0.2) is 48.7 Å². The van der Waals surface area contributed by atoms with Gasteiger partial charge in [-0.25, -0.2) is 9.69 Å². The topological polar surface area (TPSA) is 101 Å². The lowest BCUT2D eigenvalue weighted by Gasteiger charge is -2.13. The summed E-state index contributed by atoms with van der Waals surface area (Å²) in [4.78, 5) is 41.8. The number of benzene rings is 1. The van der Waals surface area contributed by atoms with E-state index in [1.165, 1.54) is 7.11 Å². The number of nitrogens with one attached hydrogen (secondary N) is 2. The van der Waals surface area contributed by atoms with Crippen molar-refractivity contribution < 1.29 is 19.1 Å². The Hall–Kier alpha value is -3.42. The molecule has 4 amide bonds. The minimum atomic E-state index is -0.895. The van der Waals surface area contributed by atoms with E-state index in [4.69, 9.17) is 4.74 Å². The normalized spacial score (nSPS) is 16.3. The first-order valence-electron chi connectivity index (χ1n) is 8.03. The van der Waals surface area contributed by atoms with Crippen LogP contribution in [0.5, 0.6) is 5.75 Å². The molecule has 0 saturated carbocycles. The van der Waals surface area contributed by atoms with Gasteiger partial charge >= 0.3 is 6.03 Å². The number of imide groups is 1. The van der Waals surface area contributed by atoms with Gasteiger partial charge in [-0.3, -0.25) is 14.6 Å². The number of urea groups is 1. The molecule has 1 atom stereocenters. The van der Waals surface area contributed by atoms with Crippen LogP contribution in [-0.4, -0.2) is 36.0 Å². The van der Waals surface area contributed by atoms with Gasteiger partial charge in [-0.1, -0.05) is 6.07 Å². The lowest BCUT2D eigenvalue weighted by atomic mass is 10.2. The van der Waals surface area contributed by atoms with Crippen LogP contribution < -0.4 is 20.3 Å². The maximum Gasteiger partial charge on any atom is 0.329 e. The molecular weight excluding hydrogens is 336 g/mol. The van der Waals surface area contributed by atoms with Crippen molar-refractivity contribution in [2.45, 2.75) is 19.0 Å². The highest BCUT2D eigenvalue weighted by Gasteiger charge is 2.39. The molecule has 8 nitrogen and oxygen atoms in total. The van der Waals surface area contributed by atoms with Crippen LogP contribution in [0.4, 0.5) is 10.5 Å². The molecule has 0 aliphatic carbocycles. The Kier molecular flexibility index (Phi) is 5.12. The van der Waals surface area contributed by atoms with E-state index >= 15 is 0 Å². The van der Waals surface area contributed by atoms with E-state index in [-0.39, 0.29) is 18.9 Å². The number of hydrogen-bond acceptors (Lipinski definition) is 5. The van der Waals surface area contributed by atoms with Crippen LogP contribution in [0.2, 0.25) is 0 Å². The first kappa shape index (κ1) is 17.4. The summed E-state index contributed by atoms with van der Waals surface area (Å²) >= 11 is 0. The summed E-state index contributed by atoms with van der Waals surface area (Å²) in [5, 5.41) is 5.23. The van der Waals surface area contributed by atoms with Crippen molar-refractivity contribution in [1.29, 1.82) is 0 Å². The number of rotatable bonds is 6. The zero-order valence-electron chi connectivity index (χ0n) is 14.1. The van der Waals surface area contributed by atoms with Crippen LogP contribution >= 0.6 is 0 Å². The number of carbonyl (C=O) groups excluding carboxylic acids is 3. The van der Waals surface area contributed by atoms with Crippen molar-refractivity contribution in [2.75, 3.05) is 12.0 Å². The number of aromatic nitrogens is 1. The Morgan fingerprint density at radius 3 is 2.65 bits per heavy atom. The second kappa shape index (κ2) is 7.64. The molecule has 26 heavy (non-hydrogen) atoms. The Balaban J connectivity index is 1.60. The summed E-state index contributed by atoms with van der Waals surface area (Å²) in [5.74, 6) is -0.190. The number of ether oxygens (including phenoxy) is 1. The molecule has 0 bridgehead atoms. The van der Waals surface area contributed by atoms with E-state index in [0.717, 1.165) is 4.90 Å². The molecule has 1 aromatic carbocycles. The summed E-state index contributed by atoms with van der Waals surface area (Å²) in [7, 11) is 1.53. The minimum Gasteiger partial charge on any atom is -0.497 e. The number of carbonyl (C=O) groups is 3. The number of anilines is 1. The van der Waals surface area contributed by atoms with Crippen molar-refractivity contribution in [3.8, 4) is 5.75 Å². The summed E-state index contributed by atoms with van der Waals surface area (Å²) < 4.78 is 5.06. The zero-order valence-corrected chi connectivity index (χ0v) is 14.1. The lowest BCUT2D eigenvalue weighted by molar-refractivity contribution is -0.125. The highest BCUT2D eigenvalue weighted by molar-refractivity contribution is 6.22. The number of pyridine rings is 1. The third-order valence-electron chi connectivity index (χ3n) is 3.93. The van der Waals surface area contributed by atoms with E-state index in [9.17, 15) is 14.4 Å². The molecular formula is C18H18N4O4. The smallest absolute Gasteiger partial charge is 0.329 e. The maximum atomic E-state index is 12.5. The fraction of sp³-hybridized carbons (Fsp3) is 0.222. The molecule has 134 valence electrons. The maximum absolute atomic E-state index is 12.5. The molecule has 1 aliphatic heterocycles. The van der Waals surface area contributed by atoms with E-state index in [1.807, 2.05) is 6.07 Å². The van der Waals surface area contributed by atoms with Crippen LogP contribution in [0.1, 0.15) is 12.1 Å². The van der Waals surface area contributed by atoms with Gasteiger partial charge in [0.2, 0.25) is 5.91 Å². The number of methoxy groups -OCH3 is 1. The Morgan fingerprint density at radius 2 is 2.00 bits per heavy atom. The second-order valence-corrected chi connectivity index (χ2v) is 5.68. The average Bonchev–Trinajstić information content (AvgIpc) is 2.94. The molecule has 0 spiro atoms. The summed E-state index contributed by atoms with van der Waals surface area (Å²) in [6, 6.07) is 10.5. The molecule has 1 unspecified atom stereocenters.